The van der Waals surface area contributed by atoms with Crippen molar-refractivity contribution in [3.05, 3.63) is 65.5 Å². The standard InChI is InChI=1S/C17H20FNO/c1-2-7-16(13-8-4-3-5-9-13)19-12-14-10-6-11-15(18)17(14)20/h3-6,8-11,16,19-20H,2,7,12H2,1H3. The molecule has 0 fully saturated rings. The van der Waals surface area contributed by atoms with E-state index < -0.39 is 5.82 Å². The van der Waals surface area contributed by atoms with Gasteiger partial charge in [-0.2, -0.15) is 0 Å². The highest BCUT2D eigenvalue weighted by Crippen LogP contribution is 2.23. The first kappa shape index (κ1) is 14.5. The van der Waals surface area contributed by atoms with Gasteiger partial charge < -0.3 is 10.4 Å². The number of nitrogens with one attached hydrogen (secondary N) is 1. The first-order chi connectivity index (χ1) is 9.72. The van der Waals surface area contributed by atoms with E-state index in [1.165, 1.54) is 11.6 Å². The Bertz CT molecular complexity index is 542. The summed E-state index contributed by atoms with van der Waals surface area (Å²) in [6, 6.07) is 15.0. The average Bonchev–Trinajstić information content (AvgIpc) is 2.48. The van der Waals surface area contributed by atoms with Gasteiger partial charge in [-0.3, -0.25) is 0 Å². The third-order valence-electron chi connectivity index (χ3n) is 3.39. The largest absolute Gasteiger partial charge is 0.505 e. The Morgan fingerprint density at radius 3 is 2.55 bits per heavy atom. The van der Waals surface area contributed by atoms with Crippen LogP contribution in [0, 0.1) is 5.82 Å². The normalized spacial score (nSPS) is 12.3. The lowest BCUT2D eigenvalue weighted by atomic mass is 10.0. The summed E-state index contributed by atoms with van der Waals surface area (Å²) in [5, 5.41) is 13.1. The molecule has 2 N–H and O–H groups in total. The van der Waals surface area contributed by atoms with Crippen LogP contribution in [0.25, 0.3) is 0 Å². The summed E-state index contributed by atoms with van der Waals surface area (Å²) in [5.74, 6) is -0.834. The van der Waals surface area contributed by atoms with E-state index in [0.717, 1.165) is 12.8 Å². The molecule has 0 saturated carbocycles. The van der Waals surface area contributed by atoms with E-state index in [-0.39, 0.29) is 11.8 Å². The Labute approximate surface area is 119 Å². The number of aromatic hydroxyl groups is 1. The molecular weight excluding hydrogens is 253 g/mol. The van der Waals surface area contributed by atoms with E-state index in [1.54, 1.807) is 12.1 Å². The first-order valence-electron chi connectivity index (χ1n) is 6.97. The maximum Gasteiger partial charge on any atom is 0.165 e. The number of halogens is 1. The first-order valence-corrected chi connectivity index (χ1v) is 6.97. The highest BCUT2D eigenvalue weighted by atomic mass is 19.1. The lowest BCUT2D eigenvalue weighted by Crippen LogP contribution is -2.21. The van der Waals surface area contributed by atoms with Crippen LogP contribution in [0.2, 0.25) is 0 Å². The molecule has 2 nitrogen and oxygen atoms in total. The Morgan fingerprint density at radius 1 is 1.10 bits per heavy atom. The number of para-hydroxylation sites is 1. The molecule has 1 unspecified atom stereocenters. The van der Waals surface area contributed by atoms with Crippen molar-refractivity contribution in [1.29, 1.82) is 0 Å². The summed E-state index contributed by atoms with van der Waals surface area (Å²) in [6.45, 7) is 2.58. The van der Waals surface area contributed by atoms with Gasteiger partial charge >= 0.3 is 0 Å². The molecular formula is C17H20FNO. The summed E-state index contributed by atoms with van der Waals surface area (Å²) in [5.41, 5.74) is 1.80. The SMILES string of the molecule is CCCC(NCc1cccc(F)c1O)c1ccccc1. The van der Waals surface area contributed by atoms with E-state index in [4.69, 9.17) is 0 Å². The summed E-state index contributed by atoms with van der Waals surface area (Å²) in [4.78, 5) is 0. The maximum atomic E-state index is 13.3. The Kier molecular flexibility index (Phi) is 5.13. The number of phenols is 1. The van der Waals surface area contributed by atoms with Crippen LogP contribution >= 0.6 is 0 Å². The molecule has 0 amide bonds. The highest BCUT2D eigenvalue weighted by molar-refractivity contribution is 5.33. The van der Waals surface area contributed by atoms with Gasteiger partial charge in [0, 0.05) is 18.2 Å². The van der Waals surface area contributed by atoms with E-state index in [9.17, 15) is 9.50 Å². The molecule has 3 heteroatoms. The Morgan fingerprint density at radius 2 is 1.85 bits per heavy atom. The van der Waals surface area contributed by atoms with E-state index >= 15 is 0 Å². The predicted molar refractivity (Wildman–Crippen MR) is 79.0 cm³/mol. The minimum Gasteiger partial charge on any atom is -0.505 e. The Hall–Kier alpha value is -1.87. The maximum absolute atomic E-state index is 13.3. The van der Waals surface area contributed by atoms with Gasteiger partial charge in [-0.05, 0) is 18.1 Å². The minimum absolute atomic E-state index is 0.212. The molecule has 1 atom stereocenters. The van der Waals surface area contributed by atoms with Gasteiger partial charge in [-0.1, -0.05) is 55.8 Å². The van der Waals surface area contributed by atoms with Gasteiger partial charge in [0.15, 0.2) is 11.6 Å². The van der Waals surface area contributed by atoms with Gasteiger partial charge in [0.25, 0.3) is 0 Å². The monoisotopic (exact) mass is 273 g/mol. The fourth-order valence-electron chi connectivity index (χ4n) is 2.30. The van der Waals surface area contributed by atoms with E-state index in [2.05, 4.69) is 24.4 Å². The topological polar surface area (TPSA) is 32.3 Å². The molecule has 0 aromatic heterocycles. The van der Waals surface area contributed by atoms with Crippen molar-refractivity contribution in [1.82, 2.24) is 5.32 Å². The molecule has 106 valence electrons. The van der Waals surface area contributed by atoms with Crippen molar-refractivity contribution in [3.63, 3.8) is 0 Å². The molecule has 0 spiro atoms. The summed E-state index contributed by atoms with van der Waals surface area (Å²) in [6.07, 6.45) is 2.06. The summed E-state index contributed by atoms with van der Waals surface area (Å²) < 4.78 is 13.3. The van der Waals surface area contributed by atoms with Gasteiger partial charge in [0.2, 0.25) is 0 Å². The molecule has 0 aliphatic heterocycles. The zero-order valence-corrected chi connectivity index (χ0v) is 11.6. The van der Waals surface area contributed by atoms with Crippen molar-refractivity contribution in [2.45, 2.75) is 32.4 Å². The lowest BCUT2D eigenvalue weighted by Gasteiger charge is -2.19. The van der Waals surface area contributed by atoms with Crippen molar-refractivity contribution < 1.29 is 9.50 Å². The number of rotatable bonds is 6. The number of benzene rings is 2. The van der Waals surface area contributed by atoms with Crippen molar-refractivity contribution in [3.8, 4) is 5.75 Å². The van der Waals surface area contributed by atoms with Crippen LogP contribution in [-0.2, 0) is 6.54 Å². The van der Waals surface area contributed by atoms with Crippen LogP contribution in [-0.4, -0.2) is 5.11 Å². The molecule has 2 aromatic rings. The fourth-order valence-corrected chi connectivity index (χ4v) is 2.30. The van der Waals surface area contributed by atoms with Crippen LogP contribution in [0.3, 0.4) is 0 Å². The second kappa shape index (κ2) is 7.06. The average molecular weight is 273 g/mol. The fraction of sp³-hybridized carbons (Fsp3) is 0.294. The molecule has 0 aliphatic carbocycles. The number of phenolic OH excluding ortho intramolecular Hbond substituents is 1. The van der Waals surface area contributed by atoms with Crippen LogP contribution < -0.4 is 5.32 Å². The predicted octanol–water partition coefficient (Wildman–Crippen LogP) is 4.16. The molecule has 0 aliphatic rings. The zero-order chi connectivity index (χ0) is 14.4. The van der Waals surface area contributed by atoms with Gasteiger partial charge in [-0.15, -0.1) is 0 Å². The van der Waals surface area contributed by atoms with Gasteiger partial charge in [0.1, 0.15) is 0 Å². The molecule has 20 heavy (non-hydrogen) atoms. The molecule has 2 aromatic carbocycles. The second-order valence-electron chi connectivity index (χ2n) is 4.88. The summed E-state index contributed by atoms with van der Waals surface area (Å²) >= 11 is 0. The number of hydrogen-bond acceptors (Lipinski definition) is 2. The summed E-state index contributed by atoms with van der Waals surface area (Å²) in [7, 11) is 0. The molecule has 0 radical (unpaired) electrons. The molecule has 0 heterocycles. The zero-order valence-electron chi connectivity index (χ0n) is 11.6. The van der Waals surface area contributed by atoms with Crippen LogP contribution in [0.1, 0.15) is 36.9 Å². The highest BCUT2D eigenvalue weighted by Gasteiger charge is 2.12. The van der Waals surface area contributed by atoms with E-state index in [0.29, 0.717) is 12.1 Å². The molecule has 2 rings (SSSR count). The van der Waals surface area contributed by atoms with Crippen molar-refractivity contribution in [2.75, 3.05) is 0 Å². The van der Waals surface area contributed by atoms with Gasteiger partial charge in [0.05, 0.1) is 0 Å². The number of hydrogen-bond donors (Lipinski definition) is 2. The molecule has 0 saturated heterocycles. The second-order valence-corrected chi connectivity index (χ2v) is 4.88. The minimum atomic E-state index is -0.573. The van der Waals surface area contributed by atoms with Crippen molar-refractivity contribution >= 4 is 0 Å². The van der Waals surface area contributed by atoms with Crippen molar-refractivity contribution in [2.24, 2.45) is 0 Å². The quantitative estimate of drug-likeness (QED) is 0.828. The smallest absolute Gasteiger partial charge is 0.165 e. The van der Waals surface area contributed by atoms with Crippen LogP contribution in [0.5, 0.6) is 5.75 Å². The van der Waals surface area contributed by atoms with E-state index in [1.807, 2.05) is 18.2 Å². The van der Waals surface area contributed by atoms with Gasteiger partial charge in [-0.25, -0.2) is 4.39 Å². The van der Waals surface area contributed by atoms with Crippen LogP contribution in [0.4, 0.5) is 4.39 Å². The lowest BCUT2D eigenvalue weighted by molar-refractivity contribution is 0.417. The third kappa shape index (κ3) is 3.58. The third-order valence-corrected chi connectivity index (χ3v) is 3.39. The molecule has 0 bridgehead atoms. The van der Waals surface area contributed by atoms with Crippen LogP contribution in [0.15, 0.2) is 48.5 Å². The Balaban J connectivity index is 2.08.